The second kappa shape index (κ2) is 6.19. The number of nitrogens with zero attached hydrogens (tertiary/aromatic N) is 2. The van der Waals surface area contributed by atoms with Crippen molar-refractivity contribution >= 4 is 34.2 Å². The van der Waals surface area contributed by atoms with Crippen LogP contribution < -0.4 is 5.32 Å². The van der Waals surface area contributed by atoms with Gasteiger partial charge in [-0.15, -0.1) is 0 Å². The fourth-order valence-corrected chi connectivity index (χ4v) is 3.78. The molecule has 5 nitrogen and oxygen atoms in total. The van der Waals surface area contributed by atoms with Crippen LogP contribution in [-0.4, -0.2) is 28.0 Å². The maximum Gasteiger partial charge on any atom is 0.232 e. The lowest BCUT2D eigenvalue weighted by atomic mass is 9.97. The van der Waals surface area contributed by atoms with Crippen LogP contribution in [0.3, 0.4) is 0 Å². The number of benzene rings is 1. The van der Waals surface area contributed by atoms with Gasteiger partial charge in [0.25, 0.3) is 0 Å². The third-order valence-corrected chi connectivity index (χ3v) is 5.16. The molecule has 1 saturated heterocycles. The summed E-state index contributed by atoms with van der Waals surface area (Å²) < 4.78 is 10.0. The molecule has 1 amide bonds. The summed E-state index contributed by atoms with van der Waals surface area (Å²) in [7, 11) is 0. The highest BCUT2D eigenvalue weighted by Gasteiger charge is 2.43. The summed E-state index contributed by atoms with van der Waals surface area (Å²) in [5.74, 6) is 1.06. The molecule has 23 heavy (non-hydrogen) atoms. The Balaban J connectivity index is 1.46. The van der Waals surface area contributed by atoms with Crippen molar-refractivity contribution in [2.45, 2.75) is 25.4 Å². The lowest BCUT2D eigenvalue weighted by molar-refractivity contribution is -0.121. The molecule has 120 valence electrons. The molecule has 2 heterocycles. The zero-order valence-corrected chi connectivity index (χ0v) is 13.9. The van der Waals surface area contributed by atoms with Crippen molar-refractivity contribution in [2.75, 3.05) is 11.9 Å². The van der Waals surface area contributed by atoms with Gasteiger partial charge in [-0.1, -0.05) is 23.7 Å². The van der Waals surface area contributed by atoms with E-state index in [9.17, 15) is 4.79 Å². The Hall–Kier alpha value is -1.50. The SMILES string of the molecule is O=C(Nc1nc(-c2cccc(Cl)c2)ns1)[C@@H]1CCO[C@H]1C1CC1. The molecule has 1 saturated carbocycles. The summed E-state index contributed by atoms with van der Waals surface area (Å²) in [4.78, 5) is 16.9. The first-order chi connectivity index (χ1) is 11.2. The normalized spacial score (nSPS) is 23.9. The molecule has 1 aliphatic heterocycles. The smallest absolute Gasteiger partial charge is 0.232 e. The highest BCUT2D eigenvalue weighted by atomic mass is 35.5. The average Bonchev–Trinajstić information content (AvgIpc) is 3.09. The zero-order valence-electron chi connectivity index (χ0n) is 12.4. The molecule has 1 aromatic carbocycles. The summed E-state index contributed by atoms with van der Waals surface area (Å²) >= 11 is 7.17. The van der Waals surface area contributed by atoms with Gasteiger partial charge in [-0.05, 0) is 37.3 Å². The fraction of sp³-hybridized carbons (Fsp3) is 0.438. The number of nitrogens with one attached hydrogen (secondary N) is 1. The molecular weight excluding hydrogens is 334 g/mol. The van der Waals surface area contributed by atoms with Crippen molar-refractivity contribution in [2.24, 2.45) is 11.8 Å². The molecule has 0 bridgehead atoms. The van der Waals surface area contributed by atoms with Crippen LogP contribution in [-0.2, 0) is 9.53 Å². The number of anilines is 1. The lowest BCUT2D eigenvalue weighted by Crippen LogP contribution is -2.30. The number of rotatable bonds is 4. The number of halogens is 1. The molecule has 0 radical (unpaired) electrons. The molecule has 1 N–H and O–H groups in total. The van der Waals surface area contributed by atoms with Crippen LogP contribution in [0.1, 0.15) is 19.3 Å². The Morgan fingerprint density at radius 3 is 3.00 bits per heavy atom. The number of carbonyl (C=O) groups is 1. The molecule has 2 fully saturated rings. The van der Waals surface area contributed by atoms with Crippen molar-refractivity contribution in [3.05, 3.63) is 29.3 Å². The topological polar surface area (TPSA) is 64.1 Å². The van der Waals surface area contributed by atoms with Gasteiger partial charge in [0, 0.05) is 28.7 Å². The quantitative estimate of drug-likeness (QED) is 0.915. The van der Waals surface area contributed by atoms with Gasteiger partial charge >= 0.3 is 0 Å². The second-order valence-corrected chi connectivity index (χ2v) is 7.18. The maximum absolute atomic E-state index is 12.5. The Bertz CT molecular complexity index is 732. The standard InChI is InChI=1S/C16H16ClN3O2S/c17-11-3-1-2-10(8-11)14-18-16(23-20-14)19-15(21)12-6-7-22-13(12)9-4-5-9/h1-3,8-9,12-13H,4-7H2,(H,18,19,20,21)/t12-,13+/m1/s1. The molecular formula is C16H16ClN3O2S. The van der Waals surface area contributed by atoms with Gasteiger partial charge in [-0.2, -0.15) is 9.36 Å². The van der Waals surface area contributed by atoms with E-state index in [0.717, 1.165) is 12.0 Å². The van der Waals surface area contributed by atoms with Crippen molar-refractivity contribution in [1.29, 1.82) is 0 Å². The number of aromatic nitrogens is 2. The Morgan fingerprint density at radius 2 is 2.22 bits per heavy atom. The summed E-state index contributed by atoms with van der Waals surface area (Å²) in [5, 5.41) is 4.05. The Labute approximate surface area is 143 Å². The number of hydrogen-bond donors (Lipinski definition) is 1. The van der Waals surface area contributed by atoms with Crippen LogP contribution >= 0.6 is 23.1 Å². The van der Waals surface area contributed by atoms with E-state index in [4.69, 9.17) is 16.3 Å². The van der Waals surface area contributed by atoms with Crippen LogP contribution in [0.15, 0.2) is 24.3 Å². The van der Waals surface area contributed by atoms with E-state index in [0.29, 0.717) is 28.5 Å². The van der Waals surface area contributed by atoms with Gasteiger partial charge in [0.2, 0.25) is 11.0 Å². The molecule has 0 spiro atoms. The molecule has 2 atom stereocenters. The number of hydrogen-bond acceptors (Lipinski definition) is 5. The lowest BCUT2D eigenvalue weighted by Gasteiger charge is -2.16. The van der Waals surface area contributed by atoms with Crippen molar-refractivity contribution in [3.63, 3.8) is 0 Å². The molecule has 1 aliphatic carbocycles. The largest absolute Gasteiger partial charge is 0.377 e. The van der Waals surface area contributed by atoms with E-state index in [-0.39, 0.29) is 17.9 Å². The molecule has 2 aromatic rings. The van der Waals surface area contributed by atoms with Gasteiger partial charge in [-0.25, -0.2) is 0 Å². The number of amides is 1. The average molecular weight is 350 g/mol. The van der Waals surface area contributed by atoms with Crippen LogP contribution in [0, 0.1) is 11.8 Å². The highest BCUT2D eigenvalue weighted by molar-refractivity contribution is 7.10. The Kier molecular flexibility index (Phi) is 4.05. The second-order valence-electron chi connectivity index (χ2n) is 5.99. The summed E-state index contributed by atoms with van der Waals surface area (Å²) in [6, 6.07) is 7.36. The van der Waals surface area contributed by atoms with E-state index < -0.39 is 0 Å². The predicted molar refractivity (Wildman–Crippen MR) is 89.6 cm³/mol. The van der Waals surface area contributed by atoms with E-state index in [2.05, 4.69) is 14.7 Å². The first-order valence-corrected chi connectivity index (χ1v) is 8.88. The molecule has 2 aliphatic rings. The summed E-state index contributed by atoms with van der Waals surface area (Å²) in [6.07, 6.45) is 3.21. The first-order valence-electron chi connectivity index (χ1n) is 7.73. The maximum atomic E-state index is 12.5. The van der Waals surface area contributed by atoms with E-state index >= 15 is 0 Å². The summed E-state index contributed by atoms with van der Waals surface area (Å²) in [5.41, 5.74) is 0.842. The van der Waals surface area contributed by atoms with Crippen LogP contribution in [0.5, 0.6) is 0 Å². The minimum Gasteiger partial charge on any atom is -0.377 e. The third-order valence-electron chi connectivity index (χ3n) is 4.30. The van der Waals surface area contributed by atoms with Crippen LogP contribution in [0.4, 0.5) is 5.13 Å². The van der Waals surface area contributed by atoms with Gasteiger partial charge in [0.1, 0.15) is 0 Å². The molecule has 7 heteroatoms. The summed E-state index contributed by atoms with van der Waals surface area (Å²) in [6.45, 7) is 0.670. The third kappa shape index (κ3) is 3.24. The molecule has 1 aromatic heterocycles. The van der Waals surface area contributed by atoms with E-state index in [1.54, 1.807) is 6.07 Å². The first kappa shape index (κ1) is 15.1. The highest BCUT2D eigenvalue weighted by Crippen LogP contribution is 2.41. The van der Waals surface area contributed by atoms with Crippen LogP contribution in [0.25, 0.3) is 11.4 Å². The minimum absolute atomic E-state index is 0.00630. The number of carbonyl (C=O) groups excluding carboxylic acids is 1. The zero-order chi connectivity index (χ0) is 15.8. The minimum atomic E-state index is -0.0685. The van der Waals surface area contributed by atoms with Gasteiger partial charge in [-0.3, -0.25) is 4.79 Å². The Morgan fingerprint density at radius 1 is 1.35 bits per heavy atom. The monoisotopic (exact) mass is 349 g/mol. The van der Waals surface area contributed by atoms with Crippen molar-refractivity contribution in [3.8, 4) is 11.4 Å². The van der Waals surface area contributed by atoms with Crippen LogP contribution in [0.2, 0.25) is 5.02 Å². The van der Waals surface area contributed by atoms with E-state index in [1.807, 2.05) is 18.2 Å². The van der Waals surface area contributed by atoms with Gasteiger partial charge in [0.05, 0.1) is 12.0 Å². The molecule has 0 unspecified atom stereocenters. The van der Waals surface area contributed by atoms with Crippen molar-refractivity contribution < 1.29 is 9.53 Å². The molecule has 4 rings (SSSR count). The number of ether oxygens (including phenoxy) is 1. The van der Waals surface area contributed by atoms with E-state index in [1.165, 1.54) is 24.4 Å². The van der Waals surface area contributed by atoms with Crippen molar-refractivity contribution in [1.82, 2.24) is 9.36 Å². The van der Waals surface area contributed by atoms with Gasteiger partial charge in [0.15, 0.2) is 5.82 Å². The predicted octanol–water partition coefficient (Wildman–Crippen LogP) is 3.61. The van der Waals surface area contributed by atoms with Gasteiger partial charge < -0.3 is 10.1 Å². The fourth-order valence-electron chi connectivity index (χ4n) is 3.00.